The number of fused-ring (bicyclic) bond motifs is 1. The lowest BCUT2D eigenvalue weighted by Crippen LogP contribution is -2.06. The van der Waals surface area contributed by atoms with E-state index in [2.05, 4.69) is 5.10 Å². The molecule has 0 N–H and O–H groups in total. The molecule has 0 unspecified atom stereocenters. The second-order valence-corrected chi connectivity index (χ2v) is 5.89. The smallest absolute Gasteiger partial charge is 0.338 e. The van der Waals surface area contributed by atoms with Crippen molar-refractivity contribution in [1.82, 2.24) is 14.8 Å². The molecule has 0 atom stereocenters. The first-order valence-corrected chi connectivity index (χ1v) is 7.73. The second kappa shape index (κ2) is 5.19. The number of rotatable bonds is 3. The first-order valence-electron chi connectivity index (χ1n) is 7.73. The van der Waals surface area contributed by atoms with Gasteiger partial charge in [-0.15, -0.1) is 0 Å². The van der Waals surface area contributed by atoms with Crippen molar-refractivity contribution in [2.75, 3.05) is 7.11 Å². The molecule has 0 aliphatic heterocycles. The molecule has 4 rings (SSSR count). The van der Waals surface area contributed by atoms with Gasteiger partial charge in [0.1, 0.15) is 0 Å². The van der Waals surface area contributed by atoms with Crippen molar-refractivity contribution >= 4 is 17.0 Å². The topological polar surface area (TPSA) is 57.0 Å². The zero-order valence-electron chi connectivity index (χ0n) is 13.1. The van der Waals surface area contributed by atoms with Crippen molar-refractivity contribution in [1.29, 1.82) is 0 Å². The van der Waals surface area contributed by atoms with Crippen LogP contribution in [0.15, 0.2) is 36.4 Å². The van der Waals surface area contributed by atoms with E-state index in [0.717, 1.165) is 41.0 Å². The summed E-state index contributed by atoms with van der Waals surface area (Å²) in [5, 5.41) is 5.37. The Hall–Kier alpha value is -2.69. The van der Waals surface area contributed by atoms with Crippen LogP contribution in [0, 0.1) is 6.92 Å². The minimum Gasteiger partial charge on any atom is -0.465 e. The van der Waals surface area contributed by atoms with Crippen molar-refractivity contribution in [3.8, 4) is 5.69 Å². The van der Waals surface area contributed by atoms with Gasteiger partial charge in [0.2, 0.25) is 0 Å². The van der Waals surface area contributed by atoms with Gasteiger partial charge >= 0.3 is 5.97 Å². The van der Waals surface area contributed by atoms with E-state index < -0.39 is 0 Å². The summed E-state index contributed by atoms with van der Waals surface area (Å²) < 4.78 is 6.77. The SMILES string of the molecule is COC(=O)c1cc(C2CC2)nc2c1c(C)nn2-c1ccccc1. The lowest BCUT2D eigenvalue weighted by molar-refractivity contribution is 0.0602. The number of ether oxygens (including phenoxy) is 1. The van der Waals surface area contributed by atoms with Crippen LogP contribution in [0.2, 0.25) is 0 Å². The third-order valence-electron chi connectivity index (χ3n) is 4.23. The van der Waals surface area contributed by atoms with Crippen LogP contribution in [0.1, 0.15) is 40.5 Å². The van der Waals surface area contributed by atoms with Crippen LogP contribution in [0.4, 0.5) is 0 Å². The number of methoxy groups -OCH3 is 1. The quantitative estimate of drug-likeness (QED) is 0.696. The molecule has 0 bridgehead atoms. The van der Waals surface area contributed by atoms with Crippen LogP contribution in [0.25, 0.3) is 16.7 Å². The van der Waals surface area contributed by atoms with Crippen molar-refractivity contribution < 1.29 is 9.53 Å². The Morgan fingerprint density at radius 2 is 2.00 bits per heavy atom. The average molecular weight is 307 g/mol. The molecule has 116 valence electrons. The second-order valence-electron chi connectivity index (χ2n) is 5.89. The first-order chi connectivity index (χ1) is 11.2. The van der Waals surface area contributed by atoms with E-state index in [1.807, 2.05) is 48.0 Å². The number of para-hydroxylation sites is 1. The Morgan fingerprint density at radius 1 is 1.26 bits per heavy atom. The number of hydrogen-bond donors (Lipinski definition) is 0. The molecule has 0 saturated heterocycles. The molecule has 5 nitrogen and oxygen atoms in total. The standard InChI is InChI=1S/C18H17N3O2/c1-11-16-14(18(22)23-2)10-15(12-8-9-12)19-17(16)21(20-11)13-6-4-3-5-7-13/h3-7,10,12H,8-9H2,1-2H3. The monoisotopic (exact) mass is 307 g/mol. The molecule has 5 heteroatoms. The van der Waals surface area contributed by atoms with Crippen LogP contribution in [-0.4, -0.2) is 27.8 Å². The Morgan fingerprint density at radius 3 is 2.65 bits per heavy atom. The highest BCUT2D eigenvalue weighted by Gasteiger charge is 2.29. The van der Waals surface area contributed by atoms with E-state index >= 15 is 0 Å². The molecule has 3 aromatic rings. The molecule has 0 spiro atoms. The van der Waals surface area contributed by atoms with Gasteiger partial charge in [-0.05, 0) is 38.0 Å². The lowest BCUT2D eigenvalue weighted by Gasteiger charge is -2.07. The third kappa shape index (κ3) is 2.29. The summed E-state index contributed by atoms with van der Waals surface area (Å²) in [5.74, 6) is 0.109. The van der Waals surface area contributed by atoms with E-state index in [4.69, 9.17) is 9.72 Å². The van der Waals surface area contributed by atoms with Crippen LogP contribution in [0.3, 0.4) is 0 Å². The van der Waals surface area contributed by atoms with E-state index in [-0.39, 0.29) is 5.97 Å². The summed E-state index contributed by atoms with van der Waals surface area (Å²) in [6.45, 7) is 1.90. The highest BCUT2D eigenvalue weighted by atomic mass is 16.5. The molecule has 1 aromatic carbocycles. The van der Waals surface area contributed by atoms with Gasteiger partial charge in [0.05, 0.1) is 29.4 Å². The van der Waals surface area contributed by atoms with Crippen LogP contribution in [-0.2, 0) is 4.74 Å². The number of hydrogen-bond acceptors (Lipinski definition) is 4. The molecule has 0 amide bonds. The fourth-order valence-electron chi connectivity index (χ4n) is 2.92. The normalized spacial score (nSPS) is 14.2. The van der Waals surface area contributed by atoms with Crippen molar-refractivity contribution in [2.24, 2.45) is 0 Å². The molecule has 1 aliphatic carbocycles. The Labute approximate surface area is 133 Å². The van der Waals surface area contributed by atoms with Crippen LogP contribution in [0.5, 0.6) is 0 Å². The average Bonchev–Trinajstić information content (AvgIpc) is 3.39. The zero-order valence-corrected chi connectivity index (χ0v) is 13.1. The molecule has 23 heavy (non-hydrogen) atoms. The highest BCUT2D eigenvalue weighted by molar-refractivity contribution is 6.04. The van der Waals surface area contributed by atoms with Crippen LogP contribution < -0.4 is 0 Å². The van der Waals surface area contributed by atoms with Gasteiger partial charge in [-0.1, -0.05) is 18.2 Å². The number of carbonyl (C=O) groups is 1. The number of nitrogens with zero attached hydrogens (tertiary/aromatic N) is 3. The van der Waals surface area contributed by atoms with E-state index in [1.165, 1.54) is 7.11 Å². The van der Waals surface area contributed by atoms with Gasteiger partial charge in [0.15, 0.2) is 5.65 Å². The lowest BCUT2D eigenvalue weighted by atomic mass is 10.1. The summed E-state index contributed by atoms with van der Waals surface area (Å²) in [6, 6.07) is 11.7. The molecule has 1 fully saturated rings. The van der Waals surface area contributed by atoms with Gasteiger partial charge in [0, 0.05) is 11.6 Å². The summed E-state index contributed by atoms with van der Waals surface area (Å²) in [7, 11) is 1.41. The fourth-order valence-corrected chi connectivity index (χ4v) is 2.92. The zero-order chi connectivity index (χ0) is 16.0. The predicted molar refractivity (Wildman–Crippen MR) is 86.9 cm³/mol. The molecule has 0 radical (unpaired) electrons. The number of aromatic nitrogens is 3. The predicted octanol–water partition coefficient (Wildman–Crippen LogP) is 3.39. The maximum atomic E-state index is 12.2. The van der Waals surface area contributed by atoms with Gasteiger partial charge in [-0.25, -0.2) is 14.5 Å². The largest absolute Gasteiger partial charge is 0.465 e. The summed E-state index contributed by atoms with van der Waals surface area (Å²) in [6.07, 6.45) is 2.25. The van der Waals surface area contributed by atoms with Gasteiger partial charge in [0.25, 0.3) is 0 Å². The minimum absolute atomic E-state index is 0.338. The number of esters is 1. The molecular formula is C18H17N3O2. The highest BCUT2D eigenvalue weighted by Crippen LogP contribution is 2.40. The van der Waals surface area contributed by atoms with E-state index in [1.54, 1.807) is 0 Å². The Balaban J connectivity index is 2.03. The first kappa shape index (κ1) is 13.9. The van der Waals surface area contributed by atoms with E-state index in [9.17, 15) is 4.79 Å². The van der Waals surface area contributed by atoms with Crippen molar-refractivity contribution in [2.45, 2.75) is 25.7 Å². The fraction of sp³-hybridized carbons (Fsp3) is 0.278. The maximum absolute atomic E-state index is 12.2. The number of carbonyl (C=O) groups excluding carboxylic acids is 1. The summed E-state index contributed by atoms with van der Waals surface area (Å²) in [4.78, 5) is 17.0. The van der Waals surface area contributed by atoms with Gasteiger partial charge < -0.3 is 4.74 Å². The Kier molecular flexibility index (Phi) is 3.15. The van der Waals surface area contributed by atoms with Crippen molar-refractivity contribution in [3.63, 3.8) is 0 Å². The number of benzene rings is 1. The van der Waals surface area contributed by atoms with E-state index in [0.29, 0.717) is 11.5 Å². The third-order valence-corrected chi connectivity index (χ3v) is 4.23. The Bertz CT molecular complexity index is 896. The molecule has 1 saturated carbocycles. The number of pyridine rings is 1. The summed E-state index contributed by atoms with van der Waals surface area (Å²) in [5.41, 5.74) is 3.94. The van der Waals surface area contributed by atoms with Crippen molar-refractivity contribution in [3.05, 3.63) is 53.3 Å². The minimum atomic E-state index is -0.338. The van der Waals surface area contributed by atoms with Gasteiger partial charge in [-0.3, -0.25) is 0 Å². The summed E-state index contributed by atoms with van der Waals surface area (Å²) >= 11 is 0. The maximum Gasteiger partial charge on any atom is 0.338 e. The molecule has 2 heterocycles. The number of aryl methyl sites for hydroxylation is 1. The molecular weight excluding hydrogens is 290 g/mol. The van der Waals surface area contributed by atoms with Gasteiger partial charge in [-0.2, -0.15) is 5.10 Å². The van der Waals surface area contributed by atoms with Crippen LogP contribution >= 0.6 is 0 Å². The molecule has 1 aliphatic rings. The molecule has 2 aromatic heterocycles.